The molecule has 5 heteroatoms. The van der Waals surface area contributed by atoms with Gasteiger partial charge in [0.15, 0.2) is 17.3 Å². The molecule has 0 saturated heterocycles. The number of rotatable bonds is 4. The van der Waals surface area contributed by atoms with Crippen LogP contribution in [0.2, 0.25) is 0 Å². The van der Waals surface area contributed by atoms with Crippen LogP contribution in [0.15, 0.2) is 24.3 Å². The summed E-state index contributed by atoms with van der Waals surface area (Å²) in [4.78, 5) is 8.83. The van der Waals surface area contributed by atoms with Crippen LogP contribution in [0, 0.1) is 0 Å². The van der Waals surface area contributed by atoms with Crippen LogP contribution < -0.4 is 15.2 Å². The quantitative estimate of drug-likeness (QED) is 0.927. The van der Waals surface area contributed by atoms with Gasteiger partial charge in [0.05, 0.1) is 14.2 Å². The van der Waals surface area contributed by atoms with E-state index in [0.717, 1.165) is 11.3 Å². The van der Waals surface area contributed by atoms with Gasteiger partial charge in [-0.15, -0.1) is 0 Å². The van der Waals surface area contributed by atoms with Gasteiger partial charge in [0.2, 0.25) is 0 Å². The van der Waals surface area contributed by atoms with Crippen LogP contribution in [-0.4, -0.2) is 24.2 Å². The van der Waals surface area contributed by atoms with Crippen LogP contribution in [-0.2, 0) is 0 Å². The van der Waals surface area contributed by atoms with Gasteiger partial charge in [0.25, 0.3) is 0 Å². The van der Waals surface area contributed by atoms with Crippen molar-refractivity contribution in [2.24, 2.45) is 0 Å². The Balaban J connectivity index is 2.51. The zero-order valence-corrected chi connectivity index (χ0v) is 12.2. The maximum atomic E-state index is 5.85. The molecule has 0 amide bonds. The molecule has 0 saturated carbocycles. The summed E-state index contributed by atoms with van der Waals surface area (Å²) in [5.41, 5.74) is 7.62. The fourth-order valence-corrected chi connectivity index (χ4v) is 1.89. The fourth-order valence-electron chi connectivity index (χ4n) is 1.89. The summed E-state index contributed by atoms with van der Waals surface area (Å²) >= 11 is 0. The average molecular weight is 273 g/mol. The van der Waals surface area contributed by atoms with Crippen LogP contribution in [0.5, 0.6) is 11.5 Å². The molecule has 0 bridgehead atoms. The predicted molar refractivity (Wildman–Crippen MR) is 79.1 cm³/mol. The zero-order chi connectivity index (χ0) is 14.7. The number of aromatic nitrogens is 2. The maximum absolute atomic E-state index is 5.85. The summed E-state index contributed by atoms with van der Waals surface area (Å²) in [7, 11) is 3.20. The van der Waals surface area contributed by atoms with Gasteiger partial charge in [-0.3, -0.25) is 0 Å². The molecule has 0 spiro atoms. The third-order valence-corrected chi connectivity index (χ3v) is 3.00. The Morgan fingerprint density at radius 1 is 1.00 bits per heavy atom. The summed E-state index contributed by atoms with van der Waals surface area (Å²) in [6, 6.07) is 7.36. The number of nitrogens with zero attached hydrogens (tertiary/aromatic N) is 2. The molecule has 0 radical (unpaired) electrons. The topological polar surface area (TPSA) is 70.3 Å². The van der Waals surface area contributed by atoms with E-state index in [-0.39, 0.29) is 0 Å². The molecular weight excluding hydrogens is 254 g/mol. The van der Waals surface area contributed by atoms with Crippen molar-refractivity contribution in [1.82, 2.24) is 9.97 Å². The van der Waals surface area contributed by atoms with Crippen molar-refractivity contribution in [2.75, 3.05) is 20.0 Å². The van der Waals surface area contributed by atoms with Crippen molar-refractivity contribution in [3.8, 4) is 22.9 Å². The lowest BCUT2D eigenvalue weighted by Crippen LogP contribution is -2.02. The molecule has 20 heavy (non-hydrogen) atoms. The van der Waals surface area contributed by atoms with Crippen molar-refractivity contribution in [1.29, 1.82) is 0 Å². The average Bonchev–Trinajstić information content (AvgIpc) is 2.45. The monoisotopic (exact) mass is 273 g/mol. The van der Waals surface area contributed by atoms with Gasteiger partial charge in [0, 0.05) is 17.3 Å². The van der Waals surface area contributed by atoms with Crippen molar-refractivity contribution < 1.29 is 9.47 Å². The summed E-state index contributed by atoms with van der Waals surface area (Å²) < 4.78 is 10.5. The highest BCUT2D eigenvalue weighted by Gasteiger charge is 2.11. The van der Waals surface area contributed by atoms with Gasteiger partial charge in [0.1, 0.15) is 5.82 Å². The minimum atomic E-state index is 0.291. The van der Waals surface area contributed by atoms with Gasteiger partial charge in [-0.05, 0) is 24.1 Å². The second kappa shape index (κ2) is 5.77. The van der Waals surface area contributed by atoms with Gasteiger partial charge in [-0.1, -0.05) is 13.8 Å². The zero-order valence-electron chi connectivity index (χ0n) is 12.2. The SMILES string of the molecule is COc1ccc(-c2nc(N)cc(C(C)C)n2)cc1OC. The number of benzene rings is 1. The Morgan fingerprint density at radius 3 is 2.30 bits per heavy atom. The first-order valence-corrected chi connectivity index (χ1v) is 6.42. The second-order valence-electron chi connectivity index (χ2n) is 4.77. The molecule has 1 aromatic heterocycles. The molecule has 2 aromatic rings. The number of ether oxygens (including phenoxy) is 2. The summed E-state index contributed by atoms with van der Waals surface area (Å²) in [5, 5.41) is 0. The van der Waals surface area contributed by atoms with Crippen LogP contribution in [0.4, 0.5) is 5.82 Å². The van der Waals surface area contributed by atoms with E-state index in [1.54, 1.807) is 20.3 Å². The number of nitrogens with two attached hydrogens (primary N) is 1. The summed E-state index contributed by atoms with van der Waals surface area (Å²) in [6.07, 6.45) is 0. The van der Waals surface area contributed by atoms with Gasteiger partial charge in [-0.25, -0.2) is 9.97 Å². The Labute approximate surface area is 118 Å². The molecule has 0 atom stereocenters. The number of hydrogen-bond acceptors (Lipinski definition) is 5. The first-order valence-electron chi connectivity index (χ1n) is 6.42. The highest BCUT2D eigenvalue weighted by Crippen LogP contribution is 2.31. The predicted octanol–water partition coefficient (Wildman–Crippen LogP) is 2.87. The highest BCUT2D eigenvalue weighted by atomic mass is 16.5. The van der Waals surface area contributed by atoms with Crippen molar-refractivity contribution in [3.05, 3.63) is 30.0 Å². The molecule has 0 unspecified atom stereocenters. The molecule has 0 aliphatic heterocycles. The Bertz CT molecular complexity index is 612. The minimum Gasteiger partial charge on any atom is -0.493 e. The fraction of sp³-hybridized carbons (Fsp3) is 0.333. The van der Waals surface area contributed by atoms with E-state index in [2.05, 4.69) is 23.8 Å². The van der Waals surface area contributed by atoms with Crippen LogP contribution >= 0.6 is 0 Å². The normalized spacial score (nSPS) is 10.7. The van der Waals surface area contributed by atoms with Gasteiger partial charge < -0.3 is 15.2 Å². The molecule has 5 nitrogen and oxygen atoms in total. The molecule has 2 N–H and O–H groups in total. The van der Waals surface area contributed by atoms with E-state index in [9.17, 15) is 0 Å². The Hall–Kier alpha value is -2.30. The number of nitrogen functional groups attached to an aromatic ring is 1. The standard InChI is InChI=1S/C15H19N3O2/c1-9(2)11-8-14(16)18-15(17-11)10-5-6-12(19-3)13(7-10)20-4/h5-9H,1-4H3,(H2,16,17,18). The molecule has 1 heterocycles. The lowest BCUT2D eigenvalue weighted by atomic mass is 10.1. The Kier molecular flexibility index (Phi) is 4.08. The molecular formula is C15H19N3O2. The van der Waals surface area contributed by atoms with Crippen molar-refractivity contribution in [2.45, 2.75) is 19.8 Å². The molecule has 1 aromatic carbocycles. The second-order valence-corrected chi connectivity index (χ2v) is 4.77. The Morgan fingerprint density at radius 2 is 1.70 bits per heavy atom. The molecule has 106 valence electrons. The highest BCUT2D eigenvalue weighted by molar-refractivity contribution is 5.62. The maximum Gasteiger partial charge on any atom is 0.161 e. The number of anilines is 1. The van der Waals surface area contributed by atoms with E-state index >= 15 is 0 Å². The summed E-state index contributed by atoms with van der Waals surface area (Å²) in [6.45, 7) is 4.14. The minimum absolute atomic E-state index is 0.291. The largest absolute Gasteiger partial charge is 0.493 e. The van der Waals surface area contributed by atoms with E-state index in [1.165, 1.54) is 0 Å². The third kappa shape index (κ3) is 2.82. The van der Waals surface area contributed by atoms with Crippen LogP contribution in [0.1, 0.15) is 25.5 Å². The first kappa shape index (κ1) is 14.1. The van der Waals surface area contributed by atoms with Crippen LogP contribution in [0.25, 0.3) is 11.4 Å². The van der Waals surface area contributed by atoms with E-state index in [0.29, 0.717) is 29.1 Å². The third-order valence-electron chi connectivity index (χ3n) is 3.00. The van der Waals surface area contributed by atoms with E-state index in [4.69, 9.17) is 15.2 Å². The lowest BCUT2D eigenvalue weighted by Gasteiger charge is -2.11. The van der Waals surface area contributed by atoms with E-state index in [1.807, 2.05) is 18.2 Å². The van der Waals surface area contributed by atoms with Gasteiger partial charge in [-0.2, -0.15) is 0 Å². The smallest absolute Gasteiger partial charge is 0.161 e. The summed E-state index contributed by atoms with van der Waals surface area (Å²) in [5.74, 6) is 2.66. The number of methoxy groups -OCH3 is 2. The van der Waals surface area contributed by atoms with Crippen molar-refractivity contribution >= 4 is 5.82 Å². The van der Waals surface area contributed by atoms with Crippen LogP contribution in [0.3, 0.4) is 0 Å². The lowest BCUT2D eigenvalue weighted by molar-refractivity contribution is 0.355. The van der Waals surface area contributed by atoms with Gasteiger partial charge >= 0.3 is 0 Å². The first-order chi connectivity index (χ1) is 9.55. The molecule has 0 aliphatic rings. The molecule has 0 aliphatic carbocycles. The molecule has 0 fully saturated rings. The van der Waals surface area contributed by atoms with Crippen molar-refractivity contribution in [3.63, 3.8) is 0 Å². The molecule has 2 rings (SSSR count). The van der Waals surface area contributed by atoms with E-state index < -0.39 is 0 Å². The number of hydrogen-bond donors (Lipinski definition) is 1.